The molecule has 1 saturated heterocycles. The smallest absolute Gasteiger partial charge is 0.273 e. The first-order chi connectivity index (χ1) is 31.1. The van der Waals surface area contributed by atoms with Crippen molar-refractivity contribution in [2.45, 2.75) is 104 Å². The van der Waals surface area contributed by atoms with Crippen LogP contribution in [0, 0.1) is 34.0 Å². The van der Waals surface area contributed by atoms with Crippen LogP contribution in [-0.4, -0.2) is 64.0 Å². The summed E-state index contributed by atoms with van der Waals surface area (Å²) in [5.41, 5.74) is 3.48. The highest BCUT2D eigenvalue weighted by Crippen LogP contribution is 2.48. The van der Waals surface area contributed by atoms with Crippen LogP contribution in [0.4, 0.5) is 0 Å². The van der Waals surface area contributed by atoms with E-state index in [9.17, 15) is 19.5 Å². The van der Waals surface area contributed by atoms with Gasteiger partial charge in [-0.2, -0.15) is 15.8 Å². The number of hydrogen-bond donors (Lipinski definition) is 1. The predicted molar refractivity (Wildman–Crippen MR) is 245 cm³/mol. The van der Waals surface area contributed by atoms with Crippen LogP contribution in [0.25, 0.3) is 11.4 Å². The van der Waals surface area contributed by atoms with E-state index in [1.54, 1.807) is 80.2 Å². The fraction of sp³-hybridized carbons (Fsp3) is 0.333. The molecule has 0 aliphatic carbocycles. The average molecular weight is 887 g/mol. The maximum Gasteiger partial charge on any atom is 0.273 e. The Morgan fingerprint density at radius 3 is 1.68 bits per heavy atom. The standard InChI is InChI=1S/C17H17N3O3.C17H15N3O2.C17H18N2O2/c1-16(2)17(3,22)15(20-7-6-19-10-14(20)21)12-8-11(9-18)4-5-13(12)23-16;1-11-16(20-7-6-19-10-15(20)21)13-8-12(9-18)4-5-14(13)22-17(11,2)3;1-11-16(19-8-4-5-15(19)20)13-9-12(10-18)6-7-14(13)21-17(11,2)3/h4-8,10,15,22H,1-3H3;4-8,10H,1-3H3;6-7,9H,4-5,8H2,1-3H3. The molecule has 66 heavy (non-hydrogen) atoms. The van der Waals surface area contributed by atoms with Crippen LogP contribution in [-0.2, 0) is 4.79 Å². The second kappa shape index (κ2) is 17.3. The van der Waals surface area contributed by atoms with Crippen molar-refractivity contribution < 1.29 is 24.1 Å². The van der Waals surface area contributed by atoms with Crippen molar-refractivity contribution in [3.05, 3.63) is 157 Å². The number of hydrogen-bond acceptors (Lipinski definition) is 12. The molecule has 2 unspecified atom stereocenters. The number of likely N-dealkylation sites (tertiary alicyclic amines) is 1. The fourth-order valence-corrected chi connectivity index (χ4v) is 8.43. The summed E-state index contributed by atoms with van der Waals surface area (Å²) in [5, 5.41) is 38.6. The molecule has 1 amide bonds. The van der Waals surface area contributed by atoms with E-state index in [1.807, 2.05) is 58.6 Å². The second-order valence-electron chi connectivity index (χ2n) is 18.1. The third kappa shape index (κ3) is 8.35. The molecule has 336 valence electrons. The summed E-state index contributed by atoms with van der Waals surface area (Å²) in [6.45, 7) is 17.8. The van der Waals surface area contributed by atoms with Crippen LogP contribution in [0.15, 0.2) is 113 Å². The molecule has 2 atom stereocenters. The summed E-state index contributed by atoms with van der Waals surface area (Å²) >= 11 is 0. The van der Waals surface area contributed by atoms with Crippen LogP contribution >= 0.6 is 0 Å². The third-order valence-corrected chi connectivity index (χ3v) is 12.9. The normalized spacial score (nSPS) is 20.4. The molecule has 1 fully saturated rings. The Hall–Kier alpha value is -7.80. The van der Waals surface area contributed by atoms with Crippen molar-refractivity contribution in [3.63, 3.8) is 0 Å². The van der Waals surface area contributed by atoms with Gasteiger partial charge >= 0.3 is 0 Å². The van der Waals surface area contributed by atoms with Crippen molar-refractivity contribution >= 4 is 17.3 Å². The number of carbonyl (C=O) groups excluding carboxylic acids is 1. The lowest BCUT2D eigenvalue weighted by atomic mass is 9.75. The zero-order chi connectivity index (χ0) is 47.9. The summed E-state index contributed by atoms with van der Waals surface area (Å²) in [7, 11) is 0. The second-order valence-corrected chi connectivity index (χ2v) is 18.1. The predicted octanol–water partition coefficient (Wildman–Crippen LogP) is 7.27. The number of rotatable bonds is 3. The molecule has 3 aromatic carbocycles. The number of nitrogens with zero attached hydrogens (tertiary/aromatic N) is 8. The van der Waals surface area contributed by atoms with Gasteiger partial charge in [0, 0.05) is 54.4 Å². The van der Waals surface area contributed by atoms with Gasteiger partial charge in [-0.1, -0.05) is 0 Å². The Kier molecular flexibility index (Phi) is 12.1. The molecule has 4 aliphatic heterocycles. The fourth-order valence-electron chi connectivity index (χ4n) is 8.43. The highest BCUT2D eigenvalue weighted by atomic mass is 16.5. The maximum atomic E-state index is 12.3. The number of aromatic nitrogens is 4. The van der Waals surface area contributed by atoms with Crippen molar-refractivity contribution in [1.29, 1.82) is 15.8 Å². The van der Waals surface area contributed by atoms with E-state index in [1.165, 1.54) is 29.4 Å². The molecule has 6 heterocycles. The minimum Gasteiger partial charge on any atom is -0.484 e. The lowest BCUT2D eigenvalue weighted by Crippen LogP contribution is -2.60. The van der Waals surface area contributed by atoms with Gasteiger partial charge in [0.25, 0.3) is 11.1 Å². The van der Waals surface area contributed by atoms with Gasteiger partial charge in [-0.3, -0.25) is 28.9 Å². The first-order valence-electron chi connectivity index (χ1n) is 21.4. The van der Waals surface area contributed by atoms with Crippen molar-refractivity contribution in [2.24, 2.45) is 0 Å². The number of aliphatic hydroxyl groups is 1. The van der Waals surface area contributed by atoms with E-state index in [4.69, 9.17) is 30.0 Å². The summed E-state index contributed by atoms with van der Waals surface area (Å²) in [5.74, 6) is 2.09. The average Bonchev–Trinajstić information content (AvgIpc) is 3.70. The largest absolute Gasteiger partial charge is 0.484 e. The van der Waals surface area contributed by atoms with Gasteiger partial charge in [-0.25, -0.2) is 0 Å². The molecule has 15 heteroatoms. The Bertz CT molecular complexity index is 3100. The molecule has 4 aliphatic rings. The summed E-state index contributed by atoms with van der Waals surface area (Å²) in [6.07, 6.45) is 10.2. The van der Waals surface area contributed by atoms with E-state index in [0.29, 0.717) is 40.2 Å². The van der Waals surface area contributed by atoms with Gasteiger partial charge in [-0.05, 0) is 134 Å². The monoisotopic (exact) mass is 886 g/mol. The molecule has 0 saturated carbocycles. The summed E-state index contributed by atoms with van der Waals surface area (Å²) in [4.78, 5) is 46.2. The lowest BCUT2D eigenvalue weighted by Gasteiger charge is -2.49. The molecular formula is C51H50N8O7. The highest BCUT2D eigenvalue weighted by molar-refractivity contribution is 5.91. The van der Waals surface area contributed by atoms with Crippen molar-refractivity contribution in [3.8, 4) is 35.5 Å². The summed E-state index contributed by atoms with van der Waals surface area (Å²) < 4.78 is 21.0. The molecular weight excluding hydrogens is 837 g/mol. The molecule has 2 aromatic heterocycles. The topological polar surface area (TPSA) is 209 Å². The highest BCUT2D eigenvalue weighted by Gasteiger charge is 2.53. The lowest BCUT2D eigenvalue weighted by molar-refractivity contribution is -0.139. The van der Waals surface area contributed by atoms with E-state index in [2.05, 4.69) is 28.2 Å². The molecule has 9 rings (SSSR count). The minimum atomic E-state index is -1.38. The number of amides is 1. The summed E-state index contributed by atoms with van der Waals surface area (Å²) in [6, 6.07) is 21.3. The van der Waals surface area contributed by atoms with Crippen LogP contribution in [0.1, 0.15) is 115 Å². The number of nitriles is 3. The first-order valence-corrected chi connectivity index (χ1v) is 21.4. The molecule has 1 N–H and O–H groups in total. The molecule has 5 aromatic rings. The van der Waals surface area contributed by atoms with E-state index >= 15 is 0 Å². The number of benzene rings is 3. The van der Waals surface area contributed by atoms with Crippen LogP contribution in [0.2, 0.25) is 0 Å². The van der Waals surface area contributed by atoms with E-state index in [-0.39, 0.29) is 17.0 Å². The Labute approximate surface area is 382 Å². The van der Waals surface area contributed by atoms with Gasteiger partial charge in [0.2, 0.25) is 5.91 Å². The van der Waals surface area contributed by atoms with Gasteiger partial charge in [0.15, 0.2) is 0 Å². The molecule has 0 radical (unpaired) electrons. The van der Waals surface area contributed by atoms with E-state index < -0.39 is 28.4 Å². The maximum absolute atomic E-state index is 12.3. The van der Waals surface area contributed by atoms with E-state index in [0.717, 1.165) is 52.4 Å². The van der Waals surface area contributed by atoms with Gasteiger partial charge in [0.05, 0.1) is 64.7 Å². The van der Waals surface area contributed by atoms with Gasteiger partial charge in [0.1, 0.15) is 39.7 Å². The number of carbonyl (C=O) groups is 1. The minimum absolute atomic E-state index is 0.148. The van der Waals surface area contributed by atoms with Gasteiger partial charge in [-0.15, -0.1) is 0 Å². The molecule has 15 nitrogen and oxygen atoms in total. The van der Waals surface area contributed by atoms with Crippen LogP contribution in [0.5, 0.6) is 17.2 Å². The van der Waals surface area contributed by atoms with Crippen molar-refractivity contribution in [2.75, 3.05) is 6.54 Å². The molecule has 0 bridgehead atoms. The quantitative estimate of drug-likeness (QED) is 0.190. The first kappa shape index (κ1) is 46.2. The van der Waals surface area contributed by atoms with Gasteiger partial charge < -0.3 is 28.8 Å². The molecule has 0 spiro atoms. The third-order valence-electron chi connectivity index (χ3n) is 12.9. The number of fused-ring (bicyclic) bond motifs is 3. The zero-order valence-electron chi connectivity index (χ0n) is 38.3. The Morgan fingerprint density at radius 1 is 0.667 bits per heavy atom. The zero-order valence-corrected chi connectivity index (χ0v) is 38.3. The SMILES string of the molecule is CC1(C)Oc2ccc(C#N)cc2C(n2ccncc2=O)C1(C)O.CC1=C(N2CCCC2=O)c2cc(C#N)ccc2OC1(C)C.CC1=C(n2ccncc2=O)c2cc(C#N)ccc2OC1(C)C. The van der Waals surface area contributed by atoms with Crippen LogP contribution < -0.4 is 25.3 Å². The Morgan fingerprint density at radius 2 is 1.17 bits per heavy atom. The van der Waals surface area contributed by atoms with Crippen LogP contribution in [0.3, 0.4) is 0 Å². The Balaban J connectivity index is 0.000000147. The number of ether oxygens (including phenoxy) is 3. The van der Waals surface area contributed by atoms with Crippen molar-refractivity contribution in [1.82, 2.24) is 24.0 Å².